The van der Waals surface area contributed by atoms with E-state index in [1.165, 1.54) is 11.8 Å². The van der Waals surface area contributed by atoms with Gasteiger partial charge in [-0.3, -0.25) is 6.08 Å². The van der Waals surface area contributed by atoms with Crippen LogP contribution >= 0.6 is 35.0 Å². The van der Waals surface area contributed by atoms with Gasteiger partial charge in [0.05, 0.1) is 4.71 Å². The summed E-state index contributed by atoms with van der Waals surface area (Å²) in [4.78, 5) is 0. The first-order valence-corrected chi connectivity index (χ1v) is 6.21. The van der Waals surface area contributed by atoms with Crippen LogP contribution in [-0.4, -0.2) is 4.71 Å². The van der Waals surface area contributed by atoms with Crippen LogP contribution in [0.25, 0.3) is 0 Å². The molecular formula is C12H8Cl4SZr. The second kappa shape index (κ2) is 10.8. The molecule has 0 saturated heterocycles. The Bertz CT molecular complexity index is 400. The van der Waals surface area contributed by atoms with E-state index in [-0.39, 0.29) is 55.7 Å². The first kappa shape index (κ1) is 21.4. The molecule has 0 aromatic rings. The first-order valence-electron chi connectivity index (χ1n) is 4.51. The van der Waals surface area contributed by atoms with Gasteiger partial charge in [0.15, 0.2) is 0 Å². The molecule has 0 fully saturated rings. The second-order valence-electron chi connectivity index (χ2n) is 3.02. The molecule has 1 atom stereocenters. The van der Waals surface area contributed by atoms with Gasteiger partial charge in [0.1, 0.15) is 0 Å². The Morgan fingerprint density at radius 2 is 2.00 bits per heavy atom. The van der Waals surface area contributed by atoms with Gasteiger partial charge < -0.3 is 24.8 Å². The van der Waals surface area contributed by atoms with Crippen molar-refractivity contribution in [3.05, 3.63) is 58.0 Å². The van der Waals surface area contributed by atoms with Gasteiger partial charge in [-0.25, -0.2) is 12.2 Å². The summed E-state index contributed by atoms with van der Waals surface area (Å²) in [5.74, 6) is 0. The standard InChI is InChI=1S/C7H3Cl2S.C5H5.2ClH.Zr/c8-6-4-2-1-3-5(4)7(9)10-6;1-2-4-5-3-1;;;/h1-2,6H;1-3H,4H2;2*1H;/q2*-1;;;+4/p-2. The van der Waals surface area contributed by atoms with Crippen molar-refractivity contribution in [1.29, 1.82) is 0 Å². The minimum atomic E-state index is -0.00579. The van der Waals surface area contributed by atoms with Gasteiger partial charge in [-0.15, -0.1) is 46.8 Å². The Morgan fingerprint density at radius 1 is 1.28 bits per heavy atom. The third-order valence-corrected chi connectivity index (χ3v) is 3.84. The summed E-state index contributed by atoms with van der Waals surface area (Å²) in [6.07, 6.45) is 16.8. The number of thioether (sulfide) groups is 1. The number of rotatable bonds is 0. The zero-order valence-corrected chi connectivity index (χ0v) is 15.4. The quantitative estimate of drug-likeness (QED) is 0.337. The molecule has 0 saturated carbocycles. The Balaban J connectivity index is 0. The molecule has 1 heterocycles. The predicted octanol–water partition coefficient (Wildman–Crippen LogP) is -1.64. The molecule has 18 heavy (non-hydrogen) atoms. The molecular weight excluding hydrogens is 409 g/mol. The summed E-state index contributed by atoms with van der Waals surface area (Å²) in [6, 6.07) is 0. The maximum absolute atomic E-state index is 5.92. The zero-order valence-electron chi connectivity index (χ0n) is 9.09. The number of halogens is 4. The molecule has 1 aliphatic heterocycles. The fraction of sp³-hybridized carbons (Fsp3) is 0.167. The Hall–Kier alpha value is 1.09. The Labute approximate surface area is 154 Å². The third-order valence-electron chi connectivity index (χ3n) is 2.01. The molecule has 6 heteroatoms. The van der Waals surface area contributed by atoms with E-state index in [2.05, 4.69) is 18.2 Å². The second-order valence-corrected chi connectivity index (χ2v) is 5.43. The maximum Gasteiger partial charge on any atom is 4.00 e. The van der Waals surface area contributed by atoms with Crippen LogP contribution in [0.2, 0.25) is 0 Å². The summed E-state index contributed by atoms with van der Waals surface area (Å²) in [5.41, 5.74) is 2.07. The third kappa shape index (κ3) is 5.61. The molecule has 94 valence electrons. The largest absolute Gasteiger partial charge is 4.00 e. The Morgan fingerprint density at radius 3 is 2.44 bits per heavy atom. The van der Waals surface area contributed by atoms with Crippen LogP contribution in [0.5, 0.6) is 0 Å². The van der Waals surface area contributed by atoms with Crippen molar-refractivity contribution in [2.45, 2.75) is 11.1 Å². The van der Waals surface area contributed by atoms with Gasteiger partial charge in [-0.05, 0) is 4.36 Å². The van der Waals surface area contributed by atoms with Crippen molar-refractivity contribution in [1.82, 2.24) is 0 Å². The van der Waals surface area contributed by atoms with Crippen molar-refractivity contribution in [3.8, 4) is 0 Å². The molecule has 0 N–H and O–H groups in total. The topological polar surface area (TPSA) is 0 Å². The summed E-state index contributed by atoms with van der Waals surface area (Å²) in [6.45, 7) is 0. The van der Waals surface area contributed by atoms with Gasteiger partial charge in [-0.1, -0.05) is 0 Å². The van der Waals surface area contributed by atoms with Gasteiger partial charge in [-0.2, -0.15) is 30.0 Å². The van der Waals surface area contributed by atoms with Gasteiger partial charge in [0.25, 0.3) is 0 Å². The summed E-state index contributed by atoms with van der Waals surface area (Å²) in [5, 5.41) is 0. The molecule has 2 aliphatic carbocycles. The van der Waals surface area contributed by atoms with E-state index < -0.39 is 0 Å². The van der Waals surface area contributed by atoms with Crippen molar-refractivity contribution in [2.24, 2.45) is 0 Å². The monoisotopic (exact) mass is 414 g/mol. The molecule has 1 unspecified atom stereocenters. The van der Waals surface area contributed by atoms with Gasteiger partial charge in [0.2, 0.25) is 0 Å². The van der Waals surface area contributed by atoms with E-state index in [1.807, 2.05) is 24.3 Å². The first-order chi connectivity index (χ1) is 7.29. The van der Waals surface area contributed by atoms with Crippen LogP contribution in [-0.2, 0) is 26.2 Å². The van der Waals surface area contributed by atoms with Crippen molar-refractivity contribution in [3.63, 3.8) is 0 Å². The smallest absolute Gasteiger partial charge is 1.00 e. The van der Waals surface area contributed by atoms with Crippen LogP contribution in [0.3, 0.4) is 0 Å². The van der Waals surface area contributed by atoms with Crippen molar-refractivity contribution in [2.75, 3.05) is 0 Å². The number of alkyl halides is 1. The zero-order chi connectivity index (χ0) is 10.7. The number of hydrogen-bond acceptors (Lipinski definition) is 1. The van der Waals surface area contributed by atoms with Gasteiger partial charge in [0, 0.05) is 0 Å². The average Bonchev–Trinajstić information content (AvgIpc) is 2.93. The van der Waals surface area contributed by atoms with Gasteiger partial charge >= 0.3 is 26.2 Å². The summed E-state index contributed by atoms with van der Waals surface area (Å²) in [7, 11) is 0. The normalized spacial score (nSPS) is 21.2. The maximum atomic E-state index is 5.92. The number of allylic oxidation sites excluding steroid dienone is 8. The van der Waals surface area contributed by atoms with E-state index in [9.17, 15) is 0 Å². The van der Waals surface area contributed by atoms with Crippen LogP contribution in [0, 0.1) is 12.2 Å². The molecule has 3 rings (SSSR count). The minimum Gasteiger partial charge on any atom is -1.00 e. The van der Waals surface area contributed by atoms with Crippen LogP contribution < -0.4 is 24.8 Å². The molecule has 0 bridgehead atoms. The fourth-order valence-corrected chi connectivity index (χ4v) is 3.11. The number of fused-ring (bicyclic) bond motifs is 1. The molecule has 0 aromatic carbocycles. The van der Waals surface area contributed by atoms with E-state index in [1.54, 1.807) is 0 Å². The molecule has 0 aromatic heterocycles. The van der Waals surface area contributed by atoms with E-state index in [4.69, 9.17) is 23.2 Å². The number of hydrogen-bond donors (Lipinski definition) is 0. The van der Waals surface area contributed by atoms with E-state index >= 15 is 0 Å². The Kier molecular flexibility index (Phi) is 12.9. The molecule has 3 aliphatic rings. The summed E-state index contributed by atoms with van der Waals surface area (Å²) < 4.78 is 0.758. The average molecular weight is 417 g/mol. The van der Waals surface area contributed by atoms with Crippen LogP contribution in [0.4, 0.5) is 0 Å². The van der Waals surface area contributed by atoms with E-state index in [0.717, 1.165) is 21.9 Å². The SMILES string of the molecule is ClC1=C2[C-]=CC=C2C(Cl)S1.[C-]1=CC=CC1.[Cl-].[Cl-].[Zr+4]. The minimum absolute atomic E-state index is 0. The molecule has 0 amide bonds. The predicted molar refractivity (Wildman–Crippen MR) is 67.6 cm³/mol. The fourth-order valence-electron chi connectivity index (χ4n) is 1.29. The van der Waals surface area contributed by atoms with E-state index in [0.29, 0.717) is 0 Å². The van der Waals surface area contributed by atoms with Crippen LogP contribution in [0.15, 0.2) is 45.9 Å². The molecule has 0 nitrogen and oxygen atoms in total. The van der Waals surface area contributed by atoms with Crippen molar-refractivity contribution >= 4 is 35.0 Å². The molecule has 0 radical (unpaired) electrons. The van der Waals surface area contributed by atoms with Crippen LogP contribution in [0.1, 0.15) is 6.42 Å². The molecule has 0 spiro atoms. The van der Waals surface area contributed by atoms with Crippen molar-refractivity contribution < 1.29 is 51.0 Å². The summed E-state index contributed by atoms with van der Waals surface area (Å²) >= 11 is 13.2.